The number of ether oxygens (including phenoxy) is 1. The molecule has 0 radical (unpaired) electrons. The predicted molar refractivity (Wildman–Crippen MR) is 79.2 cm³/mol. The molecule has 3 rings (SSSR count). The van der Waals surface area contributed by atoms with Crippen LogP contribution in [-0.4, -0.2) is 29.0 Å². The summed E-state index contributed by atoms with van der Waals surface area (Å²) < 4.78 is 5.31. The van der Waals surface area contributed by atoms with E-state index in [1.165, 1.54) is 4.90 Å². The van der Waals surface area contributed by atoms with Gasteiger partial charge in [-0.2, -0.15) is 0 Å². The first-order chi connectivity index (χ1) is 9.74. The minimum absolute atomic E-state index is 0.149. The van der Waals surface area contributed by atoms with E-state index in [2.05, 4.69) is 0 Å². The van der Waals surface area contributed by atoms with E-state index in [1.807, 2.05) is 12.1 Å². The second-order valence-electron chi connectivity index (χ2n) is 6.78. The number of amides is 2. The lowest BCUT2D eigenvalue weighted by Gasteiger charge is -2.25. The molecule has 112 valence electrons. The Hall–Kier alpha value is -1.55. The van der Waals surface area contributed by atoms with Gasteiger partial charge >= 0.3 is 6.09 Å². The molecule has 5 heteroatoms. The van der Waals surface area contributed by atoms with Gasteiger partial charge in [-0.1, -0.05) is 23.7 Å². The van der Waals surface area contributed by atoms with Crippen molar-refractivity contribution in [2.45, 2.75) is 38.2 Å². The number of carbonyl (C=O) groups excluding carboxylic acids is 2. The minimum Gasteiger partial charge on any atom is -0.443 e. The zero-order valence-corrected chi connectivity index (χ0v) is 13.1. The molecule has 2 atom stereocenters. The quantitative estimate of drug-likeness (QED) is 0.799. The molecule has 1 aromatic carbocycles. The molecule has 2 amide bonds. The molecule has 1 saturated carbocycles. The van der Waals surface area contributed by atoms with Crippen LogP contribution in [-0.2, 0) is 14.9 Å². The van der Waals surface area contributed by atoms with E-state index in [0.717, 1.165) is 12.0 Å². The van der Waals surface area contributed by atoms with Crippen LogP contribution in [0.5, 0.6) is 0 Å². The lowest BCUT2D eigenvalue weighted by molar-refractivity contribution is -0.130. The topological polar surface area (TPSA) is 46.6 Å². The summed E-state index contributed by atoms with van der Waals surface area (Å²) in [4.78, 5) is 26.0. The summed E-state index contributed by atoms with van der Waals surface area (Å²) in [7, 11) is 0. The van der Waals surface area contributed by atoms with Crippen molar-refractivity contribution in [1.82, 2.24) is 4.90 Å². The van der Waals surface area contributed by atoms with Gasteiger partial charge in [-0.25, -0.2) is 9.69 Å². The second-order valence-corrected chi connectivity index (χ2v) is 7.21. The number of rotatable bonds is 1. The molecule has 0 aromatic heterocycles. The van der Waals surface area contributed by atoms with E-state index in [1.54, 1.807) is 32.9 Å². The smallest absolute Gasteiger partial charge is 0.417 e. The first-order valence-corrected chi connectivity index (χ1v) is 7.43. The largest absolute Gasteiger partial charge is 0.443 e. The number of hydrogen-bond acceptors (Lipinski definition) is 3. The normalized spacial score (nSPS) is 27.5. The summed E-state index contributed by atoms with van der Waals surface area (Å²) in [5.74, 6) is 0.0442. The Bertz CT molecular complexity index is 605. The third-order valence-corrected chi connectivity index (χ3v) is 4.36. The van der Waals surface area contributed by atoms with Gasteiger partial charge in [0.05, 0.1) is 5.41 Å². The Morgan fingerprint density at radius 2 is 1.95 bits per heavy atom. The van der Waals surface area contributed by atoms with Crippen LogP contribution in [0.2, 0.25) is 5.02 Å². The van der Waals surface area contributed by atoms with Gasteiger partial charge in [-0.15, -0.1) is 0 Å². The number of imide groups is 1. The Balaban J connectivity index is 1.82. The van der Waals surface area contributed by atoms with E-state index < -0.39 is 17.1 Å². The fraction of sp³-hybridized carbons (Fsp3) is 0.500. The predicted octanol–water partition coefficient (Wildman–Crippen LogP) is 3.38. The first-order valence-electron chi connectivity index (χ1n) is 7.05. The maximum absolute atomic E-state index is 12.7. The molecule has 1 aromatic rings. The van der Waals surface area contributed by atoms with Gasteiger partial charge in [0.15, 0.2) is 0 Å². The van der Waals surface area contributed by atoms with Gasteiger partial charge in [0.25, 0.3) is 0 Å². The highest BCUT2D eigenvalue weighted by atomic mass is 35.5. The molecule has 0 unspecified atom stereocenters. The molecule has 0 N–H and O–H groups in total. The molecule has 2 aliphatic rings. The van der Waals surface area contributed by atoms with Crippen molar-refractivity contribution in [3.8, 4) is 0 Å². The number of carbonyl (C=O) groups is 2. The Labute approximate surface area is 129 Å². The highest BCUT2D eigenvalue weighted by Crippen LogP contribution is 2.60. The molecule has 21 heavy (non-hydrogen) atoms. The van der Waals surface area contributed by atoms with Crippen LogP contribution >= 0.6 is 11.6 Å². The molecular formula is C16H18ClNO3. The molecule has 1 aliphatic heterocycles. The number of hydrogen-bond donors (Lipinski definition) is 0. The highest BCUT2D eigenvalue weighted by Gasteiger charge is 2.68. The standard InChI is InChI=1S/C16H18ClNO3/c1-15(2,3)21-14(20)18-9-11-8-16(11,13(18)19)10-4-6-12(17)7-5-10/h4-7,11H,8-9H2,1-3H3/t11-,16+/m0/s1. The van der Waals surface area contributed by atoms with Crippen LogP contribution in [0.1, 0.15) is 32.8 Å². The molecule has 0 spiro atoms. The van der Waals surface area contributed by atoms with Crippen LogP contribution in [0.25, 0.3) is 0 Å². The van der Waals surface area contributed by atoms with Gasteiger partial charge < -0.3 is 4.74 Å². The molecule has 4 nitrogen and oxygen atoms in total. The fourth-order valence-electron chi connectivity index (χ4n) is 3.05. The van der Waals surface area contributed by atoms with E-state index in [0.29, 0.717) is 11.6 Å². The monoisotopic (exact) mass is 307 g/mol. The van der Waals surface area contributed by atoms with Crippen LogP contribution in [0, 0.1) is 5.92 Å². The van der Waals surface area contributed by atoms with Crippen LogP contribution < -0.4 is 0 Å². The van der Waals surface area contributed by atoms with Crippen LogP contribution in [0.3, 0.4) is 0 Å². The van der Waals surface area contributed by atoms with Gasteiger partial charge in [-0.3, -0.25) is 4.79 Å². The maximum atomic E-state index is 12.7. The summed E-state index contributed by atoms with van der Waals surface area (Å²) in [6.45, 7) is 5.82. The average molecular weight is 308 g/mol. The summed E-state index contributed by atoms with van der Waals surface area (Å²) >= 11 is 5.90. The minimum atomic E-state index is -0.600. The van der Waals surface area contributed by atoms with Crippen molar-refractivity contribution in [3.05, 3.63) is 34.9 Å². The molecule has 2 fully saturated rings. The zero-order chi connectivity index (χ0) is 15.4. The Morgan fingerprint density at radius 1 is 1.33 bits per heavy atom. The average Bonchev–Trinajstić information content (AvgIpc) is 3.02. The Morgan fingerprint density at radius 3 is 2.52 bits per heavy atom. The van der Waals surface area contributed by atoms with Crippen molar-refractivity contribution < 1.29 is 14.3 Å². The maximum Gasteiger partial charge on any atom is 0.417 e. The van der Waals surface area contributed by atoms with Gasteiger partial charge in [0.2, 0.25) is 5.91 Å². The number of nitrogens with zero attached hydrogens (tertiary/aromatic N) is 1. The van der Waals surface area contributed by atoms with Crippen molar-refractivity contribution in [3.63, 3.8) is 0 Å². The molecular weight excluding hydrogens is 290 g/mol. The zero-order valence-electron chi connectivity index (χ0n) is 12.4. The van der Waals surface area contributed by atoms with E-state index in [-0.39, 0.29) is 11.8 Å². The van der Waals surface area contributed by atoms with Gasteiger partial charge in [0, 0.05) is 11.6 Å². The molecule has 1 heterocycles. The van der Waals surface area contributed by atoms with E-state index >= 15 is 0 Å². The number of benzene rings is 1. The lowest BCUT2D eigenvalue weighted by Crippen LogP contribution is -2.41. The molecule has 0 bridgehead atoms. The fourth-order valence-corrected chi connectivity index (χ4v) is 3.18. The van der Waals surface area contributed by atoms with Crippen LogP contribution in [0.15, 0.2) is 24.3 Å². The lowest BCUT2D eigenvalue weighted by atomic mass is 9.94. The van der Waals surface area contributed by atoms with Crippen molar-refractivity contribution in [1.29, 1.82) is 0 Å². The van der Waals surface area contributed by atoms with E-state index in [9.17, 15) is 9.59 Å². The number of fused-ring (bicyclic) bond motifs is 1. The summed E-state index contributed by atoms with van der Waals surface area (Å²) in [5.41, 5.74) is -0.202. The molecule has 1 aliphatic carbocycles. The number of halogens is 1. The Kier molecular flexibility index (Phi) is 3.06. The van der Waals surface area contributed by atoms with Gasteiger partial charge in [0.1, 0.15) is 5.60 Å². The first kappa shape index (κ1) is 14.4. The number of piperidine rings is 1. The van der Waals surface area contributed by atoms with Crippen molar-refractivity contribution in [2.75, 3.05) is 6.54 Å². The summed E-state index contributed by atoms with van der Waals surface area (Å²) in [5, 5.41) is 0.641. The number of likely N-dealkylation sites (tertiary alicyclic amines) is 1. The third kappa shape index (κ3) is 2.31. The highest BCUT2D eigenvalue weighted by molar-refractivity contribution is 6.30. The van der Waals surface area contributed by atoms with E-state index in [4.69, 9.17) is 16.3 Å². The van der Waals surface area contributed by atoms with Crippen molar-refractivity contribution in [2.24, 2.45) is 5.92 Å². The van der Waals surface area contributed by atoms with Crippen molar-refractivity contribution >= 4 is 23.6 Å². The molecule has 1 saturated heterocycles. The third-order valence-electron chi connectivity index (χ3n) is 4.11. The van der Waals surface area contributed by atoms with Crippen LogP contribution in [0.4, 0.5) is 4.79 Å². The summed E-state index contributed by atoms with van der Waals surface area (Å²) in [6.07, 6.45) is 0.250. The second kappa shape index (κ2) is 4.47. The SMILES string of the molecule is CC(C)(C)OC(=O)N1C[C@@H]2C[C@]2(c2ccc(Cl)cc2)C1=O. The summed E-state index contributed by atoms with van der Waals surface area (Å²) in [6, 6.07) is 7.31. The van der Waals surface area contributed by atoms with Gasteiger partial charge in [-0.05, 0) is 50.8 Å².